The highest BCUT2D eigenvalue weighted by molar-refractivity contribution is 6.07. The average molecular weight is 401 g/mol. The van der Waals surface area contributed by atoms with Gasteiger partial charge in [-0.15, -0.1) is 0 Å². The van der Waals surface area contributed by atoms with Crippen LogP contribution in [0.2, 0.25) is 0 Å². The van der Waals surface area contributed by atoms with E-state index >= 15 is 0 Å². The van der Waals surface area contributed by atoms with E-state index in [0.29, 0.717) is 35.7 Å². The number of anilines is 1. The number of hydrogen-bond donors (Lipinski definition) is 1. The summed E-state index contributed by atoms with van der Waals surface area (Å²) in [7, 11) is 0. The van der Waals surface area contributed by atoms with E-state index in [1.165, 1.54) is 12.1 Å². The van der Waals surface area contributed by atoms with Crippen molar-refractivity contribution in [3.05, 3.63) is 76.5 Å². The summed E-state index contributed by atoms with van der Waals surface area (Å²) in [5.41, 5.74) is 3.69. The van der Waals surface area contributed by atoms with E-state index in [4.69, 9.17) is 9.15 Å². The quantitative estimate of drug-likeness (QED) is 0.521. The van der Waals surface area contributed by atoms with Crippen molar-refractivity contribution >= 4 is 22.6 Å². The number of rotatable bonds is 3. The molecule has 0 spiro atoms. The Morgan fingerprint density at radius 3 is 2.53 bits per heavy atom. The van der Waals surface area contributed by atoms with Crippen LogP contribution >= 0.6 is 0 Å². The zero-order valence-corrected chi connectivity index (χ0v) is 16.1. The minimum Gasteiger partial charge on any atom is -0.478 e. The number of carbonyl (C=O) groups is 1. The third-order valence-electron chi connectivity index (χ3n) is 5.48. The molecule has 1 saturated heterocycles. The van der Waals surface area contributed by atoms with Gasteiger partial charge >= 0.3 is 5.97 Å². The minimum atomic E-state index is -1.00. The zero-order valence-electron chi connectivity index (χ0n) is 16.1. The standard InChI is InChI=1S/C24H19NO5/c26-16-6-8-20-22(14-16)30-21-13-15(25-9-11-29-12-10-25)5-7-19(21)23(20)17-3-1-2-4-18(17)24(27)28/h1-8,13-14H,9-12H2,(H,27,28). The molecule has 2 aromatic carbocycles. The number of hydrogen-bond acceptors (Lipinski definition) is 5. The fraction of sp³-hybridized carbons (Fsp3) is 0.167. The zero-order chi connectivity index (χ0) is 20.7. The maximum atomic E-state index is 12.0. The molecule has 2 aliphatic heterocycles. The number of fused-ring (bicyclic) bond motifs is 2. The van der Waals surface area contributed by atoms with Gasteiger partial charge in [0.2, 0.25) is 0 Å². The summed E-state index contributed by atoms with van der Waals surface area (Å²) in [6, 6.07) is 17.4. The molecule has 0 bridgehead atoms. The van der Waals surface area contributed by atoms with Gasteiger partial charge in [-0.1, -0.05) is 18.2 Å². The first-order chi connectivity index (χ1) is 14.6. The lowest BCUT2D eigenvalue weighted by Crippen LogP contribution is -2.36. The molecule has 0 aromatic heterocycles. The molecule has 0 unspecified atom stereocenters. The number of carboxylic acids is 1. The van der Waals surface area contributed by atoms with Crippen LogP contribution in [-0.4, -0.2) is 37.4 Å². The molecule has 0 saturated carbocycles. The fourth-order valence-corrected chi connectivity index (χ4v) is 4.06. The van der Waals surface area contributed by atoms with Crippen molar-refractivity contribution in [1.82, 2.24) is 0 Å². The van der Waals surface area contributed by atoms with E-state index in [9.17, 15) is 14.7 Å². The maximum absolute atomic E-state index is 12.0. The topological polar surface area (TPSA) is 80.0 Å². The summed E-state index contributed by atoms with van der Waals surface area (Å²) in [5, 5.41) is 10.5. The van der Waals surface area contributed by atoms with E-state index in [-0.39, 0.29) is 11.0 Å². The molecule has 0 radical (unpaired) electrons. The predicted molar refractivity (Wildman–Crippen MR) is 115 cm³/mol. The second kappa shape index (κ2) is 7.31. The van der Waals surface area contributed by atoms with Gasteiger partial charge in [-0.3, -0.25) is 4.79 Å². The van der Waals surface area contributed by atoms with Gasteiger partial charge in [0.25, 0.3) is 0 Å². The molecule has 0 atom stereocenters. The van der Waals surface area contributed by atoms with Crippen molar-refractivity contribution in [3.63, 3.8) is 0 Å². The molecule has 2 heterocycles. The average Bonchev–Trinajstić information content (AvgIpc) is 2.77. The Morgan fingerprint density at radius 1 is 0.933 bits per heavy atom. The van der Waals surface area contributed by atoms with Crippen LogP contribution in [0.1, 0.15) is 10.4 Å². The minimum absolute atomic E-state index is 0.160. The van der Waals surface area contributed by atoms with Crippen LogP contribution in [0.3, 0.4) is 0 Å². The first-order valence-electron chi connectivity index (χ1n) is 9.78. The molecular formula is C24H19NO5. The second-order valence-corrected chi connectivity index (χ2v) is 7.27. The molecule has 6 nitrogen and oxygen atoms in total. The van der Waals surface area contributed by atoms with Crippen LogP contribution in [0.25, 0.3) is 33.4 Å². The Kier molecular flexibility index (Phi) is 4.48. The smallest absolute Gasteiger partial charge is 0.336 e. The number of ether oxygens (including phenoxy) is 1. The van der Waals surface area contributed by atoms with E-state index < -0.39 is 5.97 Å². The van der Waals surface area contributed by atoms with Crippen molar-refractivity contribution in [2.75, 3.05) is 31.2 Å². The molecule has 2 aromatic rings. The van der Waals surface area contributed by atoms with Crippen molar-refractivity contribution in [3.8, 4) is 22.5 Å². The molecule has 1 aliphatic carbocycles. The maximum Gasteiger partial charge on any atom is 0.336 e. The number of nitrogens with zero attached hydrogens (tertiary/aromatic N) is 1. The fourth-order valence-electron chi connectivity index (χ4n) is 4.06. The largest absolute Gasteiger partial charge is 0.478 e. The third-order valence-corrected chi connectivity index (χ3v) is 5.48. The summed E-state index contributed by atoms with van der Waals surface area (Å²) < 4.78 is 11.6. The lowest BCUT2D eigenvalue weighted by atomic mass is 9.90. The molecule has 5 rings (SSSR count). The normalized spacial score (nSPS) is 14.3. The van der Waals surface area contributed by atoms with Crippen molar-refractivity contribution in [1.29, 1.82) is 0 Å². The Balaban J connectivity index is 1.82. The first kappa shape index (κ1) is 18.4. The summed E-state index contributed by atoms with van der Waals surface area (Å²) in [6.45, 7) is 2.92. The van der Waals surface area contributed by atoms with E-state index in [1.54, 1.807) is 24.3 Å². The molecule has 1 fully saturated rings. The molecule has 6 heteroatoms. The Hall–Kier alpha value is -3.64. The molecule has 0 amide bonds. The van der Waals surface area contributed by atoms with E-state index in [1.807, 2.05) is 24.3 Å². The van der Waals surface area contributed by atoms with Crippen molar-refractivity contribution < 1.29 is 19.1 Å². The summed E-state index contributed by atoms with van der Waals surface area (Å²) in [5.74, 6) is -0.567. The van der Waals surface area contributed by atoms with E-state index in [2.05, 4.69) is 4.90 Å². The summed E-state index contributed by atoms with van der Waals surface area (Å²) in [4.78, 5) is 26.1. The monoisotopic (exact) mass is 401 g/mol. The van der Waals surface area contributed by atoms with Gasteiger partial charge in [0.1, 0.15) is 11.3 Å². The Morgan fingerprint density at radius 2 is 1.73 bits per heavy atom. The highest BCUT2D eigenvalue weighted by Crippen LogP contribution is 2.42. The highest BCUT2D eigenvalue weighted by Gasteiger charge is 2.22. The first-order valence-corrected chi connectivity index (χ1v) is 9.78. The lowest BCUT2D eigenvalue weighted by Gasteiger charge is -2.29. The molecule has 150 valence electrons. The van der Waals surface area contributed by atoms with Gasteiger partial charge in [-0.05, 0) is 35.9 Å². The number of carboxylic acid groups (broad SMARTS) is 1. The SMILES string of the molecule is O=C(O)c1ccccc1-c1c2ccc(=O)cc-2oc2cc(N3CCOCC3)ccc12. The van der Waals surface area contributed by atoms with Gasteiger partial charge in [-0.2, -0.15) is 0 Å². The Labute approximate surface area is 172 Å². The summed E-state index contributed by atoms with van der Waals surface area (Å²) >= 11 is 0. The number of benzene rings is 3. The molecule has 30 heavy (non-hydrogen) atoms. The van der Waals surface area contributed by atoms with Crippen molar-refractivity contribution in [2.45, 2.75) is 0 Å². The number of morpholine rings is 1. The second-order valence-electron chi connectivity index (χ2n) is 7.27. The van der Waals surface area contributed by atoms with Crippen LogP contribution in [0.5, 0.6) is 0 Å². The van der Waals surface area contributed by atoms with Crippen LogP contribution in [-0.2, 0) is 4.74 Å². The highest BCUT2D eigenvalue weighted by atomic mass is 16.5. The van der Waals surface area contributed by atoms with Crippen LogP contribution < -0.4 is 10.3 Å². The van der Waals surface area contributed by atoms with Crippen LogP contribution in [0, 0.1) is 0 Å². The molecule has 1 N–H and O–H groups in total. The molecular weight excluding hydrogens is 382 g/mol. The van der Waals surface area contributed by atoms with Gasteiger partial charge in [0.05, 0.1) is 18.8 Å². The van der Waals surface area contributed by atoms with E-state index in [0.717, 1.165) is 29.7 Å². The number of aromatic carboxylic acids is 1. The van der Waals surface area contributed by atoms with Gasteiger partial charge < -0.3 is 19.2 Å². The van der Waals surface area contributed by atoms with Crippen LogP contribution in [0.15, 0.2) is 69.9 Å². The van der Waals surface area contributed by atoms with Gasteiger partial charge in [-0.25, -0.2) is 4.79 Å². The third kappa shape index (κ3) is 3.11. The Bertz CT molecular complexity index is 1290. The summed E-state index contributed by atoms with van der Waals surface area (Å²) in [6.07, 6.45) is 0. The predicted octanol–water partition coefficient (Wildman–Crippen LogP) is 4.10. The van der Waals surface area contributed by atoms with Crippen molar-refractivity contribution in [2.24, 2.45) is 0 Å². The lowest BCUT2D eigenvalue weighted by molar-refractivity contribution is 0.0697. The molecule has 3 aliphatic rings. The van der Waals surface area contributed by atoms with Crippen LogP contribution in [0.4, 0.5) is 5.69 Å². The van der Waals surface area contributed by atoms with Gasteiger partial charge in [0.15, 0.2) is 5.43 Å². The van der Waals surface area contributed by atoms with Gasteiger partial charge in [0, 0.05) is 47.4 Å².